The highest BCUT2D eigenvalue weighted by Gasteiger charge is 2.75. The number of amides is 2. The van der Waals surface area contributed by atoms with E-state index in [2.05, 4.69) is 0 Å². The number of anilines is 1. The second kappa shape index (κ2) is 10.2. The summed E-state index contributed by atoms with van der Waals surface area (Å²) in [5.41, 5.74) is 0.220. The van der Waals surface area contributed by atoms with E-state index >= 15 is 0 Å². The lowest BCUT2D eigenvalue weighted by atomic mass is 9.74. The highest BCUT2D eigenvalue weighted by molar-refractivity contribution is 6.06. The minimum absolute atomic E-state index is 0.168. The quantitative estimate of drug-likeness (QED) is 0.457. The number of likely N-dealkylation sites (tertiary alicyclic amines) is 1. The third-order valence-electron chi connectivity index (χ3n) is 8.69. The molecule has 0 saturated carbocycles. The molecule has 1 aromatic carbocycles. The molecule has 1 unspecified atom stereocenters. The summed E-state index contributed by atoms with van der Waals surface area (Å²) >= 11 is 0. The maximum atomic E-state index is 14.7. The van der Waals surface area contributed by atoms with E-state index in [1.807, 2.05) is 77.1 Å². The van der Waals surface area contributed by atoms with Gasteiger partial charge in [0.05, 0.1) is 30.8 Å². The van der Waals surface area contributed by atoms with Gasteiger partial charge in [-0.3, -0.25) is 14.4 Å². The third-order valence-corrected chi connectivity index (χ3v) is 8.69. The Morgan fingerprint density at radius 1 is 1.08 bits per heavy atom. The van der Waals surface area contributed by atoms with Crippen molar-refractivity contribution in [3.63, 3.8) is 0 Å². The summed E-state index contributed by atoms with van der Waals surface area (Å²) in [5, 5.41) is 10.5. The van der Waals surface area contributed by atoms with Crippen LogP contribution in [0, 0.1) is 31.6 Å². The first-order chi connectivity index (χ1) is 18.5. The number of hydrogen-bond donors (Lipinski definition) is 1. The molecule has 0 aliphatic carbocycles. The maximum Gasteiger partial charge on any atom is 0.313 e. The van der Waals surface area contributed by atoms with Crippen LogP contribution in [0.2, 0.25) is 0 Å². The normalized spacial score (nSPS) is 34.0. The molecule has 6 atom stereocenters. The van der Waals surface area contributed by atoms with Gasteiger partial charge in [0, 0.05) is 12.2 Å². The molecule has 4 heterocycles. The van der Waals surface area contributed by atoms with E-state index in [1.54, 1.807) is 4.90 Å². The molecular formula is C31H40N2O6. The molecule has 1 N–H and O–H groups in total. The molecule has 5 rings (SSSR count). The fourth-order valence-electron chi connectivity index (χ4n) is 7.01. The summed E-state index contributed by atoms with van der Waals surface area (Å²) in [6.07, 6.45) is 9.47. The summed E-state index contributed by atoms with van der Waals surface area (Å²) in [5.74, 6) is -2.82. The number of nitrogens with zero attached hydrogens (tertiary/aromatic N) is 2. The Hall–Kier alpha value is -2.97. The molecule has 0 aromatic heterocycles. The number of ether oxygens (including phenoxy) is 2. The molecule has 1 spiro atoms. The van der Waals surface area contributed by atoms with Crippen LogP contribution in [0.1, 0.15) is 51.2 Å². The van der Waals surface area contributed by atoms with E-state index < -0.39 is 41.1 Å². The Labute approximate surface area is 230 Å². The smallest absolute Gasteiger partial charge is 0.313 e. The van der Waals surface area contributed by atoms with Crippen molar-refractivity contribution < 1.29 is 29.0 Å². The Bertz CT molecular complexity index is 1220. The maximum absolute atomic E-state index is 14.7. The number of cyclic esters (lactones) is 1. The Morgan fingerprint density at radius 3 is 2.56 bits per heavy atom. The van der Waals surface area contributed by atoms with Gasteiger partial charge < -0.3 is 24.4 Å². The van der Waals surface area contributed by atoms with Crippen molar-refractivity contribution in [3.8, 4) is 0 Å². The van der Waals surface area contributed by atoms with Gasteiger partial charge >= 0.3 is 5.97 Å². The highest BCUT2D eigenvalue weighted by atomic mass is 16.6. The van der Waals surface area contributed by atoms with Crippen LogP contribution < -0.4 is 4.90 Å². The Kier molecular flexibility index (Phi) is 7.22. The molecule has 4 aliphatic heterocycles. The number of hydrogen-bond acceptors (Lipinski definition) is 6. The molecule has 8 nitrogen and oxygen atoms in total. The summed E-state index contributed by atoms with van der Waals surface area (Å²) in [6, 6.07) is 4.32. The number of allylic oxidation sites excluding steroid dienone is 1. The second-order valence-corrected chi connectivity index (χ2v) is 12.1. The zero-order valence-corrected chi connectivity index (χ0v) is 23.6. The predicted molar refractivity (Wildman–Crippen MR) is 147 cm³/mol. The fourth-order valence-corrected chi connectivity index (χ4v) is 7.01. The predicted octanol–water partition coefficient (Wildman–Crippen LogP) is 3.48. The lowest BCUT2D eigenvalue weighted by molar-refractivity contribution is -0.159. The molecule has 1 aromatic rings. The van der Waals surface area contributed by atoms with Crippen LogP contribution in [0.5, 0.6) is 0 Å². The standard InChI is InChI=1S/C31H40N2O6/c1-19(2)16-22(18-34)33-26-28(36)32(23-17-20(3)10-11-21(23)4)14-9-13-31(26)24(27(33)35)25-29(37)38-15-8-6-7-12-30(25,5)39-31/h7,9-13,17,19,22,24-26,34H,6,8,14-16,18H2,1-5H3/b12-7-/t22-,24+,25+,26?,30-,31+/m1/s1. The van der Waals surface area contributed by atoms with Gasteiger partial charge in [-0.05, 0) is 63.1 Å². The van der Waals surface area contributed by atoms with Gasteiger partial charge in [0.1, 0.15) is 17.6 Å². The molecule has 8 heteroatoms. The minimum Gasteiger partial charge on any atom is -0.465 e. The van der Waals surface area contributed by atoms with Crippen LogP contribution in [0.3, 0.4) is 0 Å². The summed E-state index contributed by atoms with van der Waals surface area (Å²) in [6.45, 7) is 10.1. The van der Waals surface area contributed by atoms with Crippen LogP contribution in [-0.2, 0) is 23.9 Å². The molecule has 39 heavy (non-hydrogen) atoms. The van der Waals surface area contributed by atoms with Crippen molar-refractivity contribution in [2.75, 3.05) is 24.7 Å². The van der Waals surface area contributed by atoms with E-state index in [-0.39, 0.29) is 30.9 Å². The second-order valence-electron chi connectivity index (χ2n) is 12.1. The molecule has 210 valence electrons. The average molecular weight is 537 g/mol. The first kappa shape index (κ1) is 27.6. The zero-order valence-electron chi connectivity index (χ0n) is 23.6. The first-order valence-electron chi connectivity index (χ1n) is 14.1. The van der Waals surface area contributed by atoms with Gasteiger partial charge in [-0.25, -0.2) is 0 Å². The van der Waals surface area contributed by atoms with Crippen LogP contribution in [0.25, 0.3) is 0 Å². The van der Waals surface area contributed by atoms with Gasteiger partial charge in [0.15, 0.2) is 0 Å². The third kappa shape index (κ3) is 4.42. The molecular weight excluding hydrogens is 496 g/mol. The van der Waals surface area contributed by atoms with Crippen molar-refractivity contribution in [3.05, 3.63) is 53.6 Å². The van der Waals surface area contributed by atoms with E-state index in [1.165, 1.54) is 4.90 Å². The number of rotatable bonds is 5. The van der Waals surface area contributed by atoms with Crippen LogP contribution >= 0.6 is 0 Å². The molecule has 2 fully saturated rings. The summed E-state index contributed by atoms with van der Waals surface area (Å²) in [7, 11) is 0. The van der Waals surface area contributed by atoms with Gasteiger partial charge in [0.2, 0.25) is 5.91 Å². The van der Waals surface area contributed by atoms with Crippen LogP contribution in [-0.4, -0.2) is 70.8 Å². The van der Waals surface area contributed by atoms with Gasteiger partial charge in [-0.15, -0.1) is 0 Å². The monoisotopic (exact) mass is 536 g/mol. The largest absolute Gasteiger partial charge is 0.465 e. The van der Waals surface area contributed by atoms with Gasteiger partial charge in [0.25, 0.3) is 5.91 Å². The first-order valence-corrected chi connectivity index (χ1v) is 14.1. The van der Waals surface area contributed by atoms with E-state index in [9.17, 15) is 19.5 Å². The fraction of sp³-hybridized carbons (Fsp3) is 0.581. The number of carbonyl (C=O) groups is 3. The van der Waals surface area contributed by atoms with Crippen molar-refractivity contribution in [2.45, 2.75) is 77.2 Å². The van der Waals surface area contributed by atoms with Crippen molar-refractivity contribution in [2.24, 2.45) is 17.8 Å². The lowest BCUT2D eigenvalue weighted by Crippen LogP contribution is -2.59. The Morgan fingerprint density at radius 2 is 1.85 bits per heavy atom. The molecule has 0 bridgehead atoms. The van der Waals surface area contributed by atoms with Crippen molar-refractivity contribution >= 4 is 23.5 Å². The SMILES string of the molecule is Cc1ccc(C)c(N2CC=C[C@]34O[C@]5(C)/C=C\CCCOC(=O)[C@@H]5[C@H]3C(=O)N([C@@H](CO)CC(C)C)C4C2=O)c1. The Balaban J connectivity index is 1.69. The molecule has 2 saturated heterocycles. The number of carbonyl (C=O) groups excluding carboxylic acids is 3. The van der Waals surface area contributed by atoms with E-state index in [4.69, 9.17) is 9.47 Å². The number of esters is 1. The molecule has 4 aliphatic rings. The van der Waals surface area contributed by atoms with Crippen molar-refractivity contribution in [1.82, 2.24) is 4.90 Å². The zero-order chi connectivity index (χ0) is 28.1. The average Bonchev–Trinajstić information content (AvgIpc) is 3.23. The molecule has 2 amide bonds. The number of fused-ring (bicyclic) bond motifs is 2. The number of benzene rings is 1. The van der Waals surface area contributed by atoms with Crippen LogP contribution in [0.4, 0.5) is 5.69 Å². The number of aliphatic hydroxyl groups excluding tert-OH is 1. The summed E-state index contributed by atoms with van der Waals surface area (Å²) in [4.78, 5) is 45.9. The van der Waals surface area contributed by atoms with Gasteiger partial charge in [-0.2, -0.15) is 0 Å². The van der Waals surface area contributed by atoms with Gasteiger partial charge in [-0.1, -0.05) is 50.3 Å². The summed E-state index contributed by atoms with van der Waals surface area (Å²) < 4.78 is 12.5. The topological polar surface area (TPSA) is 96.4 Å². The number of aliphatic hydroxyl groups is 1. The van der Waals surface area contributed by atoms with Crippen LogP contribution in [0.15, 0.2) is 42.5 Å². The highest BCUT2D eigenvalue weighted by Crippen LogP contribution is 2.57. The lowest BCUT2D eigenvalue weighted by Gasteiger charge is -2.40. The van der Waals surface area contributed by atoms with Crippen molar-refractivity contribution in [1.29, 1.82) is 0 Å². The minimum atomic E-state index is -1.38. The van der Waals surface area contributed by atoms with E-state index in [0.29, 0.717) is 19.4 Å². The molecule has 0 radical (unpaired) electrons. The van der Waals surface area contributed by atoms with E-state index in [0.717, 1.165) is 23.2 Å². The number of aryl methyl sites for hydroxylation is 2.